The van der Waals surface area contributed by atoms with Crippen LogP contribution in [-0.2, 0) is 40.6 Å². The number of rotatable bonds is 6. The van der Waals surface area contributed by atoms with Crippen molar-refractivity contribution >= 4 is 21.6 Å². The lowest BCUT2D eigenvalue weighted by atomic mass is 9.99. The summed E-state index contributed by atoms with van der Waals surface area (Å²) >= 11 is 0. The predicted octanol–water partition coefficient (Wildman–Crippen LogP) is 2.71. The van der Waals surface area contributed by atoms with Gasteiger partial charge in [0.25, 0.3) is 0 Å². The van der Waals surface area contributed by atoms with E-state index in [4.69, 9.17) is 0 Å². The lowest BCUT2D eigenvalue weighted by Crippen LogP contribution is -2.38. The van der Waals surface area contributed by atoms with Crippen LogP contribution in [0.2, 0.25) is 0 Å². The minimum atomic E-state index is -3.34. The normalized spacial score (nSPS) is 13.5. The number of nitrogens with zero attached hydrogens (tertiary/aromatic N) is 3. The first kappa shape index (κ1) is 21.9. The number of anilines is 1. The summed E-state index contributed by atoms with van der Waals surface area (Å²) in [5.74, 6) is -0.300. The van der Waals surface area contributed by atoms with Gasteiger partial charge < -0.3 is 4.90 Å². The van der Waals surface area contributed by atoms with Crippen LogP contribution in [0.5, 0.6) is 0 Å². The van der Waals surface area contributed by atoms with E-state index in [0.29, 0.717) is 31.6 Å². The molecular weight excluding hydrogens is 431 g/mol. The number of carbonyl (C=O) groups is 1. The minimum Gasteiger partial charge on any atom is -0.338 e. The largest absolute Gasteiger partial charge is 0.338 e. The van der Waals surface area contributed by atoms with Crippen molar-refractivity contribution in [1.29, 1.82) is 0 Å². The van der Waals surface area contributed by atoms with E-state index in [0.717, 1.165) is 34.3 Å². The van der Waals surface area contributed by atoms with Crippen molar-refractivity contribution in [3.8, 4) is 0 Å². The summed E-state index contributed by atoms with van der Waals surface area (Å²) in [5, 5.41) is 0. The van der Waals surface area contributed by atoms with E-state index < -0.39 is 10.0 Å². The quantitative estimate of drug-likeness (QED) is 0.618. The van der Waals surface area contributed by atoms with Crippen LogP contribution in [0.1, 0.15) is 28.1 Å². The highest BCUT2D eigenvalue weighted by Gasteiger charge is 2.24. The molecule has 0 atom stereocenters. The standard InChI is InChI=1S/C23H23FN4O3S/c1-32(30,31)27-19-8-4-17(5-9-19)13-23(29)28-11-10-21-20(14-28)22(26-15-25-21)12-16-2-6-18(24)7-3-16/h2-9,15,27H,10-14H2,1H3. The number of carbonyl (C=O) groups excluding carboxylic acids is 1. The third-order valence-electron chi connectivity index (χ3n) is 5.34. The summed E-state index contributed by atoms with van der Waals surface area (Å²) < 4.78 is 38.3. The number of aromatic nitrogens is 2. The van der Waals surface area contributed by atoms with Crippen LogP contribution < -0.4 is 4.72 Å². The third kappa shape index (κ3) is 5.47. The molecule has 1 aliphatic rings. The van der Waals surface area contributed by atoms with Gasteiger partial charge in [0.15, 0.2) is 0 Å². The Balaban J connectivity index is 1.45. The Kier molecular flexibility index (Phi) is 6.18. The molecule has 1 N–H and O–H groups in total. The molecule has 0 radical (unpaired) electrons. The molecule has 0 saturated carbocycles. The van der Waals surface area contributed by atoms with Crippen LogP contribution in [0.4, 0.5) is 10.1 Å². The minimum absolute atomic E-state index is 0.0175. The lowest BCUT2D eigenvalue weighted by molar-refractivity contribution is -0.131. The SMILES string of the molecule is CS(=O)(=O)Nc1ccc(CC(=O)N2CCc3ncnc(Cc4ccc(F)cc4)c3C2)cc1. The Morgan fingerprint density at radius 2 is 1.75 bits per heavy atom. The van der Waals surface area contributed by atoms with Gasteiger partial charge >= 0.3 is 0 Å². The molecule has 1 amide bonds. The number of halogens is 1. The predicted molar refractivity (Wildman–Crippen MR) is 119 cm³/mol. The summed E-state index contributed by atoms with van der Waals surface area (Å²) in [6.07, 6.45) is 4.04. The molecule has 0 unspecified atom stereocenters. The number of benzene rings is 2. The number of sulfonamides is 1. The molecule has 1 aromatic heterocycles. The fraction of sp³-hybridized carbons (Fsp3) is 0.261. The van der Waals surface area contributed by atoms with Crippen molar-refractivity contribution in [2.75, 3.05) is 17.5 Å². The maximum atomic E-state index is 13.2. The van der Waals surface area contributed by atoms with Crippen molar-refractivity contribution in [2.24, 2.45) is 0 Å². The average Bonchev–Trinajstić information content (AvgIpc) is 2.75. The average molecular weight is 455 g/mol. The zero-order valence-corrected chi connectivity index (χ0v) is 18.4. The fourth-order valence-corrected chi connectivity index (χ4v) is 4.32. The third-order valence-corrected chi connectivity index (χ3v) is 5.95. The molecule has 7 nitrogen and oxygen atoms in total. The highest BCUT2D eigenvalue weighted by atomic mass is 32.2. The first-order chi connectivity index (χ1) is 15.3. The molecule has 166 valence electrons. The molecule has 0 spiro atoms. The van der Waals surface area contributed by atoms with Gasteiger partial charge in [-0.1, -0.05) is 24.3 Å². The van der Waals surface area contributed by atoms with Crippen molar-refractivity contribution < 1.29 is 17.6 Å². The number of fused-ring (bicyclic) bond motifs is 1. The zero-order valence-electron chi connectivity index (χ0n) is 17.6. The van der Waals surface area contributed by atoms with E-state index in [-0.39, 0.29) is 18.1 Å². The Morgan fingerprint density at radius 1 is 1.06 bits per heavy atom. The Bertz CT molecular complexity index is 1230. The number of hydrogen-bond acceptors (Lipinski definition) is 5. The summed E-state index contributed by atoms with van der Waals surface area (Å²) in [4.78, 5) is 23.5. The molecule has 32 heavy (non-hydrogen) atoms. The van der Waals surface area contributed by atoms with Gasteiger partial charge in [-0.2, -0.15) is 0 Å². The second-order valence-corrected chi connectivity index (χ2v) is 9.61. The number of hydrogen-bond donors (Lipinski definition) is 1. The molecule has 2 heterocycles. The highest BCUT2D eigenvalue weighted by Crippen LogP contribution is 2.23. The van der Waals surface area contributed by atoms with Crippen LogP contribution in [0, 0.1) is 5.82 Å². The maximum Gasteiger partial charge on any atom is 0.229 e. The first-order valence-electron chi connectivity index (χ1n) is 10.2. The Hall–Kier alpha value is -3.33. The summed E-state index contributed by atoms with van der Waals surface area (Å²) in [6.45, 7) is 1.01. The lowest BCUT2D eigenvalue weighted by Gasteiger charge is -2.29. The van der Waals surface area contributed by atoms with Gasteiger partial charge in [0.05, 0.1) is 24.1 Å². The molecule has 9 heteroatoms. The van der Waals surface area contributed by atoms with Gasteiger partial charge in [-0.15, -0.1) is 0 Å². The van der Waals surface area contributed by atoms with Crippen LogP contribution in [0.15, 0.2) is 54.9 Å². The van der Waals surface area contributed by atoms with E-state index in [1.807, 2.05) is 0 Å². The maximum absolute atomic E-state index is 13.2. The van der Waals surface area contributed by atoms with E-state index in [1.54, 1.807) is 47.6 Å². The zero-order chi connectivity index (χ0) is 22.7. The summed E-state index contributed by atoms with van der Waals surface area (Å²) in [7, 11) is -3.34. The van der Waals surface area contributed by atoms with Crippen LogP contribution >= 0.6 is 0 Å². The van der Waals surface area contributed by atoms with Gasteiger partial charge in [-0.25, -0.2) is 22.8 Å². The van der Waals surface area contributed by atoms with Crippen molar-refractivity contribution in [1.82, 2.24) is 14.9 Å². The molecule has 2 aromatic carbocycles. The molecule has 0 fully saturated rings. The Morgan fingerprint density at radius 3 is 2.44 bits per heavy atom. The van der Waals surface area contributed by atoms with Crippen LogP contribution in [0.25, 0.3) is 0 Å². The fourth-order valence-electron chi connectivity index (χ4n) is 3.75. The van der Waals surface area contributed by atoms with Crippen molar-refractivity contribution in [3.05, 3.63) is 88.8 Å². The second-order valence-electron chi connectivity index (χ2n) is 7.86. The van der Waals surface area contributed by atoms with Crippen LogP contribution in [0.3, 0.4) is 0 Å². The molecule has 1 aliphatic heterocycles. The molecule has 0 bridgehead atoms. The summed E-state index contributed by atoms with van der Waals surface area (Å²) in [6, 6.07) is 13.1. The van der Waals surface area contributed by atoms with E-state index in [2.05, 4.69) is 14.7 Å². The smallest absolute Gasteiger partial charge is 0.229 e. The van der Waals surface area contributed by atoms with Crippen LogP contribution in [-0.4, -0.2) is 42.0 Å². The van der Waals surface area contributed by atoms with E-state index in [1.165, 1.54) is 12.1 Å². The molecule has 0 saturated heterocycles. The Labute approximate surface area is 186 Å². The molecule has 4 rings (SSSR count). The van der Waals surface area contributed by atoms with Gasteiger partial charge in [0.1, 0.15) is 12.1 Å². The van der Waals surface area contributed by atoms with E-state index >= 15 is 0 Å². The van der Waals surface area contributed by atoms with Gasteiger partial charge in [-0.05, 0) is 35.4 Å². The number of nitrogens with one attached hydrogen (secondary N) is 1. The first-order valence-corrected chi connectivity index (χ1v) is 12.1. The van der Waals surface area contributed by atoms with Gasteiger partial charge in [-0.3, -0.25) is 9.52 Å². The number of amides is 1. The topological polar surface area (TPSA) is 92.3 Å². The highest BCUT2D eigenvalue weighted by molar-refractivity contribution is 7.92. The second kappa shape index (κ2) is 9.04. The van der Waals surface area contributed by atoms with E-state index in [9.17, 15) is 17.6 Å². The molecule has 0 aliphatic carbocycles. The molecule has 3 aromatic rings. The monoisotopic (exact) mass is 454 g/mol. The summed E-state index contributed by atoms with van der Waals surface area (Å²) in [5.41, 5.74) is 4.93. The van der Waals surface area contributed by atoms with Gasteiger partial charge in [0, 0.05) is 37.2 Å². The van der Waals surface area contributed by atoms with Gasteiger partial charge in [0.2, 0.25) is 15.9 Å². The molecular formula is C23H23FN4O3S. The van der Waals surface area contributed by atoms with Crippen molar-refractivity contribution in [3.63, 3.8) is 0 Å². The van der Waals surface area contributed by atoms with Crippen molar-refractivity contribution in [2.45, 2.75) is 25.8 Å².